The first-order valence-corrected chi connectivity index (χ1v) is 10.0. The molecular formula is C17H26N2O2S. The summed E-state index contributed by atoms with van der Waals surface area (Å²) in [6, 6.07) is 10.6. The van der Waals surface area contributed by atoms with Gasteiger partial charge in [-0.2, -0.15) is 0 Å². The van der Waals surface area contributed by atoms with Gasteiger partial charge in [-0.05, 0) is 37.8 Å². The quantitative estimate of drug-likeness (QED) is 0.834. The molecule has 4 nitrogen and oxygen atoms in total. The molecule has 0 radical (unpaired) electrons. The fourth-order valence-corrected chi connectivity index (χ4v) is 4.85. The van der Waals surface area contributed by atoms with Crippen LogP contribution in [0.25, 0.3) is 0 Å². The third-order valence-corrected chi connectivity index (χ3v) is 6.84. The van der Waals surface area contributed by atoms with Crippen molar-refractivity contribution >= 4 is 10.0 Å². The largest absolute Gasteiger partial charge is 0.299 e. The molecule has 22 heavy (non-hydrogen) atoms. The predicted molar refractivity (Wildman–Crippen MR) is 89.3 cm³/mol. The summed E-state index contributed by atoms with van der Waals surface area (Å²) in [7, 11) is -3.14. The van der Waals surface area contributed by atoms with Gasteiger partial charge in [-0.3, -0.25) is 4.90 Å². The number of hydrogen-bond donors (Lipinski definition) is 0. The normalized spacial score (nSPS) is 22.2. The molecule has 1 aliphatic heterocycles. The molecule has 0 aromatic heterocycles. The summed E-state index contributed by atoms with van der Waals surface area (Å²) in [6.07, 6.45) is 5.48. The van der Waals surface area contributed by atoms with Crippen LogP contribution in [0.2, 0.25) is 0 Å². The standard InChI is InChI=1S/C17H26N2O2S/c20-22(21,15-10-16-6-2-1-3-7-16)19-12-5-11-18(13-14-19)17-8-4-9-17/h1-3,6-7,17H,4-5,8-15H2. The molecule has 5 heteroatoms. The average Bonchev–Trinajstić information content (AvgIpc) is 2.71. The number of aryl methyl sites for hydroxylation is 1. The Labute approximate surface area is 134 Å². The fraction of sp³-hybridized carbons (Fsp3) is 0.647. The van der Waals surface area contributed by atoms with Gasteiger partial charge in [0.15, 0.2) is 0 Å². The van der Waals surface area contributed by atoms with Crippen LogP contribution in [-0.2, 0) is 16.4 Å². The Kier molecular flexibility index (Phi) is 5.16. The van der Waals surface area contributed by atoms with E-state index >= 15 is 0 Å². The van der Waals surface area contributed by atoms with Crippen molar-refractivity contribution in [2.24, 2.45) is 0 Å². The Balaban J connectivity index is 1.55. The molecule has 0 N–H and O–H groups in total. The zero-order chi connectivity index (χ0) is 15.4. The van der Waals surface area contributed by atoms with Crippen molar-refractivity contribution in [3.05, 3.63) is 35.9 Å². The van der Waals surface area contributed by atoms with Crippen LogP contribution in [0.4, 0.5) is 0 Å². The maximum atomic E-state index is 12.6. The Bertz CT molecular complexity index is 570. The zero-order valence-electron chi connectivity index (χ0n) is 13.2. The van der Waals surface area contributed by atoms with E-state index in [4.69, 9.17) is 0 Å². The molecular weight excluding hydrogens is 296 g/mol. The number of sulfonamides is 1. The van der Waals surface area contributed by atoms with Crippen molar-refractivity contribution in [2.45, 2.75) is 38.1 Å². The second kappa shape index (κ2) is 7.11. The van der Waals surface area contributed by atoms with Crippen LogP contribution >= 0.6 is 0 Å². The maximum absolute atomic E-state index is 12.6. The monoisotopic (exact) mass is 322 g/mol. The molecule has 2 aliphatic rings. The molecule has 1 heterocycles. The fourth-order valence-electron chi connectivity index (χ4n) is 3.33. The lowest BCUT2D eigenvalue weighted by molar-refractivity contribution is 0.134. The highest BCUT2D eigenvalue weighted by Gasteiger charge is 2.29. The summed E-state index contributed by atoms with van der Waals surface area (Å²) >= 11 is 0. The molecule has 3 rings (SSSR count). The third-order valence-electron chi connectivity index (χ3n) is 4.97. The van der Waals surface area contributed by atoms with Crippen molar-refractivity contribution in [3.63, 3.8) is 0 Å². The van der Waals surface area contributed by atoms with Crippen molar-refractivity contribution in [3.8, 4) is 0 Å². The highest BCUT2D eigenvalue weighted by Crippen LogP contribution is 2.26. The first-order chi connectivity index (χ1) is 10.6. The topological polar surface area (TPSA) is 40.6 Å². The van der Waals surface area contributed by atoms with Gasteiger partial charge in [0, 0.05) is 25.7 Å². The summed E-state index contributed by atoms with van der Waals surface area (Å²) in [4.78, 5) is 2.50. The minimum Gasteiger partial charge on any atom is -0.299 e. The van der Waals surface area contributed by atoms with E-state index in [1.54, 1.807) is 4.31 Å². The number of hydrogen-bond acceptors (Lipinski definition) is 3. The molecule has 1 aromatic carbocycles. The van der Waals surface area contributed by atoms with Gasteiger partial charge in [0.1, 0.15) is 0 Å². The first kappa shape index (κ1) is 16.0. The molecule has 2 fully saturated rings. The summed E-state index contributed by atoms with van der Waals surface area (Å²) in [5.74, 6) is 0.223. The molecule has 1 saturated heterocycles. The second-order valence-electron chi connectivity index (χ2n) is 6.42. The summed E-state index contributed by atoms with van der Waals surface area (Å²) in [5.41, 5.74) is 1.09. The number of rotatable bonds is 5. The van der Waals surface area contributed by atoms with Crippen molar-refractivity contribution < 1.29 is 8.42 Å². The van der Waals surface area contributed by atoms with Gasteiger partial charge < -0.3 is 0 Å². The van der Waals surface area contributed by atoms with E-state index in [0.29, 0.717) is 25.6 Å². The highest BCUT2D eigenvalue weighted by atomic mass is 32.2. The first-order valence-electron chi connectivity index (χ1n) is 8.41. The lowest BCUT2D eigenvalue weighted by Crippen LogP contribution is -2.43. The molecule has 0 unspecified atom stereocenters. The van der Waals surface area contributed by atoms with Crippen LogP contribution in [-0.4, -0.2) is 55.6 Å². The third kappa shape index (κ3) is 3.89. The van der Waals surface area contributed by atoms with Gasteiger partial charge in [0.25, 0.3) is 0 Å². The maximum Gasteiger partial charge on any atom is 0.214 e. The van der Waals surface area contributed by atoms with E-state index in [0.717, 1.165) is 25.1 Å². The molecule has 0 atom stereocenters. The summed E-state index contributed by atoms with van der Waals surface area (Å²) in [5, 5.41) is 0. The van der Waals surface area contributed by atoms with Crippen LogP contribution < -0.4 is 0 Å². The SMILES string of the molecule is O=S(=O)(CCc1ccccc1)N1CCCN(C2CCC2)CC1. The molecule has 0 bridgehead atoms. The highest BCUT2D eigenvalue weighted by molar-refractivity contribution is 7.89. The van der Waals surface area contributed by atoms with E-state index in [1.807, 2.05) is 30.3 Å². The van der Waals surface area contributed by atoms with Gasteiger partial charge in [-0.15, -0.1) is 0 Å². The van der Waals surface area contributed by atoms with Crippen LogP contribution in [0.3, 0.4) is 0 Å². The molecule has 1 aromatic rings. The Morgan fingerprint density at radius 1 is 0.955 bits per heavy atom. The minimum atomic E-state index is -3.14. The minimum absolute atomic E-state index is 0.223. The molecule has 122 valence electrons. The number of benzene rings is 1. The van der Waals surface area contributed by atoms with Crippen molar-refractivity contribution in [2.75, 3.05) is 31.9 Å². The van der Waals surface area contributed by atoms with Gasteiger partial charge >= 0.3 is 0 Å². The van der Waals surface area contributed by atoms with Crippen LogP contribution in [0, 0.1) is 0 Å². The second-order valence-corrected chi connectivity index (χ2v) is 8.51. The van der Waals surface area contributed by atoms with E-state index in [1.165, 1.54) is 19.3 Å². The Hall–Kier alpha value is -0.910. The predicted octanol–water partition coefficient (Wildman–Crippen LogP) is 2.12. The van der Waals surface area contributed by atoms with Gasteiger partial charge in [0.2, 0.25) is 10.0 Å². The smallest absolute Gasteiger partial charge is 0.214 e. The molecule has 0 amide bonds. The molecule has 1 saturated carbocycles. The van der Waals surface area contributed by atoms with E-state index in [2.05, 4.69) is 4.90 Å². The van der Waals surface area contributed by atoms with Crippen molar-refractivity contribution in [1.29, 1.82) is 0 Å². The summed E-state index contributed by atoms with van der Waals surface area (Å²) < 4.78 is 26.9. The number of nitrogens with zero attached hydrogens (tertiary/aromatic N) is 2. The van der Waals surface area contributed by atoms with Gasteiger partial charge in [0.05, 0.1) is 5.75 Å². The Morgan fingerprint density at radius 2 is 1.73 bits per heavy atom. The van der Waals surface area contributed by atoms with Crippen LogP contribution in [0.5, 0.6) is 0 Å². The van der Waals surface area contributed by atoms with Gasteiger partial charge in [-0.1, -0.05) is 36.8 Å². The lowest BCUT2D eigenvalue weighted by Gasteiger charge is -2.36. The Morgan fingerprint density at radius 3 is 2.41 bits per heavy atom. The van der Waals surface area contributed by atoms with E-state index in [-0.39, 0.29) is 5.75 Å². The summed E-state index contributed by atoms with van der Waals surface area (Å²) in [6.45, 7) is 3.29. The van der Waals surface area contributed by atoms with Gasteiger partial charge in [-0.25, -0.2) is 12.7 Å². The average molecular weight is 322 g/mol. The van der Waals surface area contributed by atoms with E-state index in [9.17, 15) is 8.42 Å². The lowest BCUT2D eigenvalue weighted by atomic mass is 9.91. The van der Waals surface area contributed by atoms with Crippen LogP contribution in [0.1, 0.15) is 31.2 Å². The molecule has 1 aliphatic carbocycles. The van der Waals surface area contributed by atoms with E-state index < -0.39 is 10.0 Å². The molecule has 0 spiro atoms. The zero-order valence-corrected chi connectivity index (χ0v) is 14.0. The van der Waals surface area contributed by atoms with Crippen LogP contribution in [0.15, 0.2) is 30.3 Å². The van der Waals surface area contributed by atoms with Crippen molar-refractivity contribution in [1.82, 2.24) is 9.21 Å².